The molecule has 0 radical (unpaired) electrons. The molecule has 0 spiro atoms. The first-order chi connectivity index (χ1) is 13.6. The molecule has 1 aliphatic carbocycles. The van der Waals surface area contributed by atoms with Crippen molar-refractivity contribution in [1.29, 1.82) is 0 Å². The highest BCUT2D eigenvalue weighted by Gasteiger charge is 2.20. The number of unbranched alkanes of at least 4 members (excludes halogenated alkanes) is 4. The number of benzene rings is 1. The predicted molar refractivity (Wildman–Crippen MR) is 115 cm³/mol. The first-order valence-corrected chi connectivity index (χ1v) is 10.8. The Balaban J connectivity index is 1.77. The zero-order valence-electron chi connectivity index (χ0n) is 17.4. The van der Waals surface area contributed by atoms with Gasteiger partial charge in [-0.05, 0) is 43.9 Å². The van der Waals surface area contributed by atoms with Crippen LogP contribution in [-0.4, -0.2) is 17.5 Å². The summed E-state index contributed by atoms with van der Waals surface area (Å²) >= 11 is 0. The first-order valence-electron chi connectivity index (χ1n) is 10.8. The first kappa shape index (κ1) is 22.1. The van der Waals surface area contributed by atoms with Gasteiger partial charge in [-0.25, -0.2) is 5.43 Å². The summed E-state index contributed by atoms with van der Waals surface area (Å²) in [5.41, 5.74) is 5.13. The van der Waals surface area contributed by atoms with Crippen molar-refractivity contribution in [3.05, 3.63) is 29.8 Å². The predicted octanol–water partition coefficient (Wildman–Crippen LogP) is 5.41. The Hall–Kier alpha value is -2.17. The Labute approximate surface area is 169 Å². The van der Waals surface area contributed by atoms with Gasteiger partial charge in [0, 0.05) is 18.0 Å². The summed E-state index contributed by atoms with van der Waals surface area (Å²) in [5, 5.41) is 7.22. The van der Waals surface area contributed by atoms with Crippen molar-refractivity contribution in [3.8, 4) is 0 Å². The summed E-state index contributed by atoms with van der Waals surface area (Å²) in [4.78, 5) is 24.2. The molecule has 28 heavy (non-hydrogen) atoms. The second-order valence-corrected chi connectivity index (χ2v) is 7.80. The van der Waals surface area contributed by atoms with Crippen LogP contribution >= 0.6 is 0 Å². The maximum atomic E-state index is 12.3. The van der Waals surface area contributed by atoms with E-state index in [1.165, 1.54) is 25.7 Å². The van der Waals surface area contributed by atoms with Gasteiger partial charge < -0.3 is 5.32 Å². The van der Waals surface area contributed by atoms with E-state index in [9.17, 15) is 9.59 Å². The second-order valence-electron chi connectivity index (χ2n) is 7.80. The van der Waals surface area contributed by atoms with Crippen LogP contribution in [0.1, 0.15) is 90.0 Å². The van der Waals surface area contributed by atoms with Gasteiger partial charge in [0.05, 0.1) is 5.71 Å². The average molecular weight is 386 g/mol. The van der Waals surface area contributed by atoms with E-state index in [0.717, 1.165) is 55.5 Å². The van der Waals surface area contributed by atoms with Crippen molar-refractivity contribution in [2.45, 2.75) is 84.5 Å². The normalized spacial score (nSPS) is 15.3. The number of amides is 2. The average Bonchev–Trinajstić information content (AvgIpc) is 2.73. The molecule has 5 nitrogen and oxygen atoms in total. The van der Waals surface area contributed by atoms with Crippen LogP contribution in [0.2, 0.25) is 0 Å². The van der Waals surface area contributed by atoms with E-state index in [-0.39, 0.29) is 17.7 Å². The highest BCUT2D eigenvalue weighted by atomic mass is 16.2. The number of carbonyl (C=O) groups excluding carboxylic acids is 2. The fourth-order valence-electron chi connectivity index (χ4n) is 3.56. The van der Waals surface area contributed by atoms with Crippen LogP contribution < -0.4 is 10.7 Å². The molecule has 0 aromatic heterocycles. The lowest BCUT2D eigenvalue weighted by molar-refractivity contribution is -0.121. The van der Waals surface area contributed by atoms with Crippen LogP contribution in [0.5, 0.6) is 0 Å². The van der Waals surface area contributed by atoms with E-state index >= 15 is 0 Å². The van der Waals surface area contributed by atoms with E-state index in [2.05, 4.69) is 22.8 Å². The van der Waals surface area contributed by atoms with Crippen LogP contribution in [-0.2, 0) is 9.59 Å². The SMILES string of the molecule is CCCCCCCC(=O)NN=C(C)c1ccc(NC(=O)C2CCCCC2)cc1. The quantitative estimate of drug-likeness (QED) is 0.321. The van der Waals surface area contributed by atoms with Crippen LogP contribution in [0, 0.1) is 5.92 Å². The van der Waals surface area contributed by atoms with Crippen LogP contribution in [0.3, 0.4) is 0 Å². The van der Waals surface area contributed by atoms with Gasteiger partial charge in [0.15, 0.2) is 0 Å². The van der Waals surface area contributed by atoms with E-state index in [0.29, 0.717) is 6.42 Å². The molecular weight excluding hydrogens is 350 g/mol. The molecule has 5 heteroatoms. The van der Waals surface area contributed by atoms with E-state index in [1.807, 2.05) is 31.2 Å². The summed E-state index contributed by atoms with van der Waals surface area (Å²) in [6.45, 7) is 4.05. The molecule has 1 aromatic carbocycles. The molecular formula is C23H35N3O2. The molecule has 2 rings (SSSR count). The number of anilines is 1. The molecule has 1 aromatic rings. The lowest BCUT2D eigenvalue weighted by atomic mass is 9.88. The number of hydrazone groups is 1. The van der Waals surface area contributed by atoms with Crippen molar-refractivity contribution in [3.63, 3.8) is 0 Å². The minimum atomic E-state index is -0.0350. The summed E-state index contributed by atoms with van der Waals surface area (Å²) in [5.74, 6) is 0.241. The number of nitrogens with zero attached hydrogens (tertiary/aromatic N) is 1. The molecule has 0 heterocycles. The smallest absolute Gasteiger partial charge is 0.240 e. The number of hydrogen-bond acceptors (Lipinski definition) is 3. The van der Waals surface area contributed by atoms with Crippen molar-refractivity contribution in [1.82, 2.24) is 5.43 Å². The molecule has 0 saturated heterocycles. The van der Waals surface area contributed by atoms with Gasteiger partial charge in [0.25, 0.3) is 0 Å². The van der Waals surface area contributed by atoms with Crippen LogP contribution in [0.4, 0.5) is 5.69 Å². The molecule has 0 aliphatic heterocycles. The van der Waals surface area contributed by atoms with Gasteiger partial charge in [0.2, 0.25) is 11.8 Å². The summed E-state index contributed by atoms with van der Waals surface area (Å²) < 4.78 is 0. The van der Waals surface area contributed by atoms with Crippen molar-refractivity contribution in [2.75, 3.05) is 5.32 Å². The summed E-state index contributed by atoms with van der Waals surface area (Å²) in [7, 11) is 0. The van der Waals surface area contributed by atoms with Crippen molar-refractivity contribution in [2.24, 2.45) is 11.0 Å². The van der Waals surface area contributed by atoms with Gasteiger partial charge in [-0.15, -0.1) is 0 Å². The summed E-state index contributed by atoms with van der Waals surface area (Å²) in [6.07, 6.45) is 11.7. The Bertz CT molecular complexity index is 646. The van der Waals surface area contributed by atoms with Crippen LogP contribution in [0.15, 0.2) is 29.4 Å². The van der Waals surface area contributed by atoms with Gasteiger partial charge in [-0.2, -0.15) is 5.10 Å². The van der Waals surface area contributed by atoms with Gasteiger partial charge in [-0.1, -0.05) is 64.0 Å². The third-order valence-corrected chi connectivity index (χ3v) is 5.40. The zero-order valence-corrected chi connectivity index (χ0v) is 17.4. The van der Waals surface area contributed by atoms with Gasteiger partial charge in [-0.3, -0.25) is 9.59 Å². The number of nitrogens with one attached hydrogen (secondary N) is 2. The lowest BCUT2D eigenvalue weighted by Crippen LogP contribution is -2.24. The number of hydrogen-bond donors (Lipinski definition) is 2. The highest BCUT2D eigenvalue weighted by molar-refractivity contribution is 6.00. The van der Waals surface area contributed by atoms with Gasteiger partial charge in [0.1, 0.15) is 0 Å². The van der Waals surface area contributed by atoms with E-state index in [1.54, 1.807) is 0 Å². The maximum Gasteiger partial charge on any atom is 0.240 e. The Morgan fingerprint density at radius 1 is 1.00 bits per heavy atom. The fourth-order valence-corrected chi connectivity index (χ4v) is 3.56. The third-order valence-electron chi connectivity index (χ3n) is 5.40. The van der Waals surface area contributed by atoms with Crippen molar-refractivity contribution >= 4 is 23.2 Å². The van der Waals surface area contributed by atoms with Crippen LogP contribution in [0.25, 0.3) is 0 Å². The van der Waals surface area contributed by atoms with Crippen molar-refractivity contribution < 1.29 is 9.59 Å². The van der Waals surface area contributed by atoms with E-state index < -0.39 is 0 Å². The third kappa shape index (κ3) is 7.83. The largest absolute Gasteiger partial charge is 0.326 e. The number of rotatable bonds is 10. The molecule has 154 valence electrons. The fraction of sp³-hybridized carbons (Fsp3) is 0.609. The lowest BCUT2D eigenvalue weighted by Gasteiger charge is -2.20. The molecule has 0 bridgehead atoms. The zero-order chi connectivity index (χ0) is 20.2. The van der Waals surface area contributed by atoms with Gasteiger partial charge >= 0.3 is 0 Å². The second kappa shape index (κ2) is 12.3. The molecule has 0 atom stereocenters. The monoisotopic (exact) mass is 385 g/mol. The summed E-state index contributed by atoms with van der Waals surface area (Å²) in [6, 6.07) is 7.63. The standard InChI is InChI=1S/C23H35N3O2/c1-3-4-5-6-10-13-22(27)26-25-18(2)19-14-16-21(17-15-19)24-23(28)20-11-8-7-9-12-20/h14-17,20H,3-13H2,1-2H3,(H,24,28)(H,26,27). The molecule has 2 amide bonds. The Morgan fingerprint density at radius 3 is 2.36 bits per heavy atom. The Morgan fingerprint density at radius 2 is 1.68 bits per heavy atom. The van der Waals surface area contributed by atoms with E-state index in [4.69, 9.17) is 0 Å². The molecule has 1 aliphatic rings. The Kier molecular flexibility index (Phi) is 9.73. The molecule has 2 N–H and O–H groups in total. The minimum Gasteiger partial charge on any atom is -0.326 e. The highest BCUT2D eigenvalue weighted by Crippen LogP contribution is 2.25. The topological polar surface area (TPSA) is 70.6 Å². The maximum absolute atomic E-state index is 12.3. The molecule has 0 unspecified atom stereocenters. The number of carbonyl (C=O) groups is 2. The minimum absolute atomic E-state index is 0.0350. The molecule has 1 saturated carbocycles. The molecule has 1 fully saturated rings.